The van der Waals surface area contributed by atoms with Gasteiger partial charge in [0.1, 0.15) is 5.54 Å². The Hall–Kier alpha value is -3.23. The molecule has 1 aliphatic rings. The number of rotatable bonds is 12. The number of hydrogen-bond donors (Lipinski definition) is 3. The number of amides is 3. The van der Waals surface area contributed by atoms with Crippen molar-refractivity contribution in [3.05, 3.63) is 71.1 Å². The number of nitrogens with one attached hydrogen (secondary N) is 3. The molecular formula is C30H38N4O3S. The second-order valence-corrected chi connectivity index (χ2v) is 11.5. The van der Waals surface area contributed by atoms with Gasteiger partial charge in [0, 0.05) is 30.3 Å². The number of hydrogen-bond acceptors (Lipinski definition) is 5. The van der Waals surface area contributed by atoms with Crippen LogP contribution >= 0.6 is 11.3 Å². The molecule has 0 spiro atoms. The first-order valence-electron chi connectivity index (χ1n) is 13.4. The van der Waals surface area contributed by atoms with Crippen LogP contribution in [0.25, 0.3) is 10.1 Å². The summed E-state index contributed by atoms with van der Waals surface area (Å²) in [6.07, 6.45) is 4.46. The maximum atomic E-state index is 13.8. The second kappa shape index (κ2) is 13.0. The highest BCUT2D eigenvalue weighted by Gasteiger charge is 2.43. The summed E-state index contributed by atoms with van der Waals surface area (Å²) in [7, 11) is 3.94. The minimum absolute atomic E-state index is 0.0206. The first kappa shape index (κ1) is 27.8. The maximum absolute atomic E-state index is 13.8. The minimum Gasteiger partial charge on any atom is -0.355 e. The van der Waals surface area contributed by atoms with Gasteiger partial charge in [-0.1, -0.05) is 61.4 Å². The molecule has 1 aromatic heterocycles. The Morgan fingerprint density at radius 2 is 1.71 bits per heavy atom. The molecule has 2 aromatic carbocycles. The molecule has 7 nitrogen and oxygen atoms in total. The highest BCUT2D eigenvalue weighted by Crippen LogP contribution is 2.32. The molecule has 1 atom stereocenters. The number of carbonyl (C=O) groups is 3. The number of thiophene rings is 1. The molecule has 1 heterocycles. The fourth-order valence-corrected chi connectivity index (χ4v) is 5.98. The first-order valence-corrected chi connectivity index (χ1v) is 14.2. The minimum atomic E-state index is -0.934. The summed E-state index contributed by atoms with van der Waals surface area (Å²) in [6.45, 7) is 1.37. The van der Waals surface area contributed by atoms with Crippen molar-refractivity contribution in [2.24, 2.45) is 0 Å². The van der Waals surface area contributed by atoms with Crippen LogP contribution in [-0.2, 0) is 16.0 Å². The van der Waals surface area contributed by atoms with Gasteiger partial charge in [0.25, 0.3) is 5.91 Å². The van der Waals surface area contributed by atoms with Gasteiger partial charge in [0.15, 0.2) is 0 Å². The van der Waals surface area contributed by atoms with Gasteiger partial charge < -0.3 is 20.9 Å². The molecule has 1 aliphatic carbocycles. The van der Waals surface area contributed by atoms with Gasteiger partial charge in [0.05, 0.1) is 4.88 Å². The Morgan fingerprint density at radius 1 is 1.00 bits per heavy atom. The van der Waals surface area contributed by atoms with Crippen LogP contribution in [0.4, 0.5) is 0 Å². The SMILES string of the molecule is CN(C)CCNC(=O)CC[C@@H](Cc1ccccc1)NC(=O)C1(NC(=O)c2cc3ccccc3s2)CCCC1. The average molecular weight is 535 g/mol. The first-order chi connectivity index (χ1) is 18.3. The summed E-state index contributed by atoms with van der Waals surface area (Å²) in [5.41, 5.74) is 0.163. The van der Waals surface area contributed by atoms with Crippen LogP contribution in [0.5, 0.6) is 0 Å². The Morgan fingerprint density at radius 3 is 2.42 bits per heavy atom. The summed E-state index contributed by atoms with van der Waals surface area (Å²) in [6, 6.07) is 19.6. The van der Waals surface area contributed by atoms with Gasteiger partial charge in [0.2, 0.25) is 11.8 Å². The van der Waals surface area contributed by atoms with E-state index in [-0.39, 0.29) is 23.8 Å². The number of benzene rings is 2. The van der Waals surface area contributed by atoms with Crippen LogP contribution in [0.3, 0.4) is 0 Å². The lowest BCUT2D eigenvalue weighted by Crippen LogP contribution is -2.59. The van der Waals surface area contributed by atoms with Gasteiger partial charge >= 0.3 is 0 Å². The third-order valence-electron chi connectivity index (χ3n) is 7.16. The van der Waals surface area contributed by atoms with E-state index in [4.69, 9.17) is 0 Å². The molecule has 0 radical (unpaired) electrons. The third kappa shape index (κ3) is 7.42. The lowest BCUT2D eigenvalue weighted by atomic mass is 9.94. The van der Waals surface area contributed by atoms with Crippen LogP contribution in [0.2, 0.25) is 0 Å². The predicted octanol–water partition coefficient (Wildman–Crippen LogP) is 4.13. The van der Waals surface area contributed by atoms with Crippen LogP contribution in [0, 0.1) is 0 Å². The Balaban J connectivity index is 1.44. The van der Waals surface area contributed by atoms with Gasteiger partial charge in [-0.3, -0.25) is 14.4 Å². The van der Waals surface area contributed by atoms with Crippen molar-refractivity contribution < 1.29 is 14.4 Å². The van der Waals surface area contributed by atoms with Gasteiger partial charge in [-0.05, 0) is 62.9 Å². The molecule has 4 rings (SSSR count). The van der Waals surface area contributed by atoms with E-state index < -0.39 is 5.54 Å². The van der Waals surface area contributed by atoms with Crippen molar-refractivity contribution in [3.8, 4) is 0 Å². The summed E-state index contributed by atoms with van der Waals surface area (Å²) < 4.78 is 1.05. The molecule has 0 aliphatic heterocycles. The smallest absolute Gasteiger partial charge is 0.262 e. The van der Waals surface area contributed by atoms with Crippen LogP contribution < -0.4 is 16.0 Å². The van der Waals surface area contributed by atoms with Crippen LogP contribution in [0.1, 0.15) is 53.8 Å². The van der Waals surface area contributed by atoms with E-state index >= 15 is 0 Å². The van der Waals surface area contributed by atoms with Crippen molar-refractivity contribution in [1.29, 1.82) is 0 Å². The molecule has 38 heavy (non-hydrogen) atoms. The van der Waals surface area contributed by atoms with Crippen molar-refractivity contribution in [2.45, 2.75) is 56.5 Å². The van der Waals surface area contributed by atoms with Crippen LogP contribution in [0.15, 0.2) is 60.7 Å². The number of fused-ring (bicyclic) bond motifs is 1. The van der Waals surface area contributed by atoms with E-state index in [9.17, 15) is 14.4 Å². The summed E-state index contributed by atoms with van der Waals surface area (Å²) in [5, 5.41) is 10.3. The highest BCUT2D eigenvalue weighted by molar-refractivity contribution is 7.20. The molecule has 0 unspecified atom stereocenters. The lowest BCUT2D eigenvalue weighted by molar-refractivity contribution is -0.128. The van der Waals surface area contributed by atoms with E-state index in [1.165, 1.54) is 11.3 Å². The standard InChI is InChI=1S/C30H38N4O3S/c1-34(2)19-18-31-27(35)15-14-24(20-22-10-4-3-5-11-22)32-29(37)30(16-8-9-17-30)33-28(36)26-21-23-12-6-7-13-25(23)38-26/h3-7,10-13,21,24H,8-9,14-20H2,1-2H3,(H,31,35)(H,32,37)(H,33,36)/t24-/m0/s1. The predicted molar refractivity (Wildman–Crippen MR) is 153 cm³/mol. The molecule has 1 fully saturated rings. The van der Waals surface area contributed by atoms with Gasteiger partial charge in [-0.25, -0.2) is 0 Å². The second-order valence-electron chi connectivity index (χ2n) is 10.4. The Bertz CT molecular complexity index is 1200. The summed E-state index contributed by atoms with van der Waals surface area (Å²) >= 11 is 1.44. The fraction of sp³-hybridized carbons (Fsp3) is 0.433. The Labute approximate surface area is 229 Å². The zero-order valence-corrected chi connectivity index (χ0v) is 23.1. The topological polar surface area (TPSA) is 90.5 Å². The molecule has 0 saturated heterocycles. The molecule has 3 N–H and O–H groups in total. The number of likely N-dealkylation sites (N-methyl/N-ethyl adjacent to an activating group) is 1. The number of nitrogens with zero attached hydrogens (tertiary/aromatic N) is 1. The molecule has 0 bridgehead atoms. The van der Waals surface area contributed by atoms with E-state index in [0.29, 0.717) is 43.5 Å². The van der Waals surface area contributed by atoms with Crippen molar-refractivity contribution in [2.75, 3.05) is 27.2 Å². The average Bonchev–Trinajstić information content (AvgIpc) is 3.56. The summed E-state index contributed by atoms with van der Waals surface area (Å²) in [4.78, 5) is 42.1. The molecule has 202 valence electrons. The summed E-state index contributed by atoms with van der Waals surface area (Å²) in [5.74, 6) is -0.380. The molecular weight excluding hydrogens is 496 g/mol. The molecule has 1 saturated carbocycles. The lowest BCUT2D eigenvalue weighted by Gasteiger charge is -2.31. The number of carbonyl (C=O) groups excluding carboxylic acids is 3. The largest absolute Gasteiger partial charge is 0.355 e. The molecule has 3 aromatic rings. The van der Waals surface area contributed by atoms with E-state index in [0.717, 1.165) is 35.0 Å². The van der Waals surface area contributed by atoms with Crippen LogP contribution in [-0.4, -0.2) is 61.4 Å². The van der Waals surface area contributed by atoms with E-state index in [1.54, 1.807) is 0 Å². The van der Waals surface area contributed by atoms with Crippen molar-refractivity contribution in [1.82, 2.24) is 20.9 Å². The van der Waals surface area contributed by atoms with E-state index in [1.807, 2.05) is 79.7 Å². The third-order valence-corrected chi connectivity index (χ3v) is 8.27. The normalized spacial score (nSPS) is 15.3. The zero-order valence-electron chi connectivity index (χ0n) is 22.3. The molecule has 3 amide bonds. The highest BCUT2D eigenvalue weighted by atomic mass is 32.1. The fourth-order valence-electron chi connectivity index (χ4n) is 5.02. The van der Waals surface area contributed by atoms with Gasteiger partial charge in [-0.2, -0.15) is 0 Å². The quantitative estimate of drug-likeness (QED) is 0.326. The monoisotopic (exact) mass is 534 g/mol. The molecule has 8 heteroatoms. The maximum Gasteiger partial charge on any atom is 0.262 e. The zero-order chi connectivity index (χ0) is 27.0. The van der Waals surface area contributed by atoms with E-state index in [2.05, 4.69) is 16.0 Å². The van der Waals surface area contributed by atoms with Crippen molar-refractivity contribution >= 4 is 39.1 Å². The Kier molecular flexibility index (Phi) is 9.53. The van der Waals surface area contributed by atoms with Crippen molar-refractivity contribution in [3.63, 3.8) is 0 Å². The van der Waals surface area contributed by atoms with Gasteiger partial charge in [-0.15, -0.1) is 11.3 Å².